The molecule has 1 amide bonds. The summed E-state index contributed by atoms with van der Waals surface area (Å²) >= 11 is 5.87. The van der Waals surface area contributed by atoms with E-state index in [2.05, 4.69) is 0 Å². The molecule has 0 aliphatic carbocycles. The van der Waals surface area contributed by atoms with Crippen molar-refractivity contribution in [1.82, 2.24) is 9.80 Å². The zero-order valence-electron chi connectivity index (χ0n) is 15.7. The molecule has 1 heterocycles. The standard InChI is InChI=1S/C21H21ClFN3O3/c22-16-3-6-20(23)19(11-16)21(28)26-9-7-25(8-10-26)13-17(27)14-29-18-4-1-15(12-24)2-5-18/h1-6,11,17,27H,7-10,13-14H2. The number of piperazine rings is 1. The van der Waals surface area contributed by atoms with E-state index in [1.807, 2.05) is 11.0 Å². The molecule has 0 radical (unpaired) electrons. The number of amides is 1. The lowest BCUT2D eigenvalue weighted by molar-refractivity contribution is 0.0401. The molecule has 1 aliphatic heterocycles. The summed E-state index contributed by atoms with van der Waals surface area (Å²) in [5, 5.41) is 19.3. The Morgan fingerprint density at radius 1 is 1.21 bits per heavy atom. The van der Waals surface area contributed by atoms with Gasteiger partial charge in [0.05, 0.1) is 17.2 Å². The number of benzene rings is 2. The van der Waals surface area contributed by atoms with Crippen LogP contribution in [0.3, 0.4) is 0 Å². The average molecular weight is 418 g/mol. The molecular formula is C21H21ClFN3O3. The maximum absolute atomic E-state index is 13.9. The topological polar surface area (TPSA) is 76.8 Å². The van der Waals surface area contributed by atoms with Crippen molar-refractivity contribution in [2.75, 3.05) is 39.3 Å². The number of aliphatic hydroxyl groups excluding tert-OH is 1. The van der Waals surface area contributed by atoms with Gasteiger partial charge in [0.2, 0.25) is 0 Å². The van der Waals surface area contributed by atoms with Crippen LogP contribution in [0.2, 0.25) is 5.02 Å². The Bertz CT molecular complexity index is 893. The summed E-state index contributed by atoms with van der Waals surface area (Å²) in [7, 11) is 0. The first kappa shape index (κ1) is 21.1. The number of aliphatic hydroxyl groups is 1. The van der Waals surface area contributed by atoms with Crippen LogP contribution in [-0.4, -0.2) is 66.2 Å². The van der Waals surface area contributed by atoms with Gasteiger partial charge in [-0.1, -0.05) is 11.6 Å². The Kier molecular flexibility index (Phi) is 7.04. The molecule has 2 aromatic carbocycles. The zero-order chi connectivity index (χ0) is 20.8. The van der Waals surface area contributed by atoms with E-state index in [0.717, 1.165) is 0 Å². The minimum Gasteiger partial charge on any atom is -0.491 e. The quantitative estimate of drug-likeness (QED) is 0.781. The largest absolute Gasteiger partial charge is 0.491 e. The Morgan fingerprint density at radius 3 is 2.55 bits per heavy atom. The molecule has 0 spiro atoms. The molecule has 1 atom stereocenters. The molecule has 0 aromatic heterocycles. The fourth-order valence-electron chi connectivity index (χ4n) is 3.13. The van der Waals surface area contributed by atoms with Crippen LogP contribution in [0.25, 0.3) is 0 Å². The van der Waals surface area contributed by atoms with E-state index in [0.29, 0.717) is 49.1 Å². The molecule has 6 nitrogen and oxygen atoms in total. The van der Waals surface area contributed by atoms with E-state index < -0.39 is 11.9 Å². The minimum atomic E-state index is -0.696. The second-order valence-corrected chi connectivity index (χ2v) is 7.25. The van der Waals surface area contributed by atoms with Gasteiger partial charge in [-0.15, -0.1) is 0 Å². The molecule has 1 fully saturated rings. The van der Waals surface area contributed by atoms with Gasteiger partial charge in [-0.05, 0) is 42.5 Å². The van der Waals surface area contributed by atoms with Crippen molar-refractivity contribution in [2.45, 2.75) is 6.10 Å². The molecule has 1 saturated heterocycles. The molecule has 152 valence electrons. The summed E-state index contributed by atoms with van der Waals surface area (Å²) in [5.41, 5.74) is 0.518. The number of carbonyl (C=O) groups is 1. The van der Waals surface area contributed by atoms with Gasteiger partial charge in [0.15, 0.2) is 0 Å². The number of β-amino-alcohol motifs (C(OH)–C–C–N with tert-alkyl or cyclic N) is 1. The van der Waals surface area contributed by atoms with Gasteiger partial charge in [0.25, 0.3) is 5.91 Å². The fourth-order valence-corrected chi connectivity index (χ4v) is 3.31. The summed E-state index contributed by atoms with van der Waals surface area (Å²) in [6.45, 7) is 2.55. The van der Waals surface area contributed by atoms with Crippen molar-refractivity contribution in [2.24, 2.45) is 0 Å². The molecule has 0 saturated carbocycles. The third kappa shape index (κ3) is 5.67. The van der Waals surface area contributed by atoms with E-state index >= 15 is 0 Å². The highest BCUT2D eigenvalue weighted by molar-refractivity contribution is 6.31. The molecule has 0 bridgehead atoms. The second-order valence-electron chi connectivity index (χ2n) is 6.82. The first-order chi connectivity index (χ1) is 14.0. The molecule has 1 N–H and O–H groups in total. The van der Waals surface area contributed by atoms with Crippen LogP contribution in [0.4, 0.5) is 4.39 Å². The summed E-state index contributed by atoms with van der Waals surface area (Å²) in [6.07, 6.45) is -0.696. The Morgan fingerprint density at radius 2 is 1.90 bits per heavy atom. The highest BCUT2D eigenvalue weighted by Crippen LogP contribution is 2.18. The van der Waals surface area contributed by atoms with Crippen LogP contribution in [-0.2, 0) is 0 Å². The second kappa shape index (κ2) is 9.70. The normalized spacial score (nSPS) is 15.6. The van der Waals surface area contributed by atoms with Gasteiger partial charge < -0.3 is 14.7 Å². The van der Waals surface area contributed by atoms with Gasteiger partial charge >= 0.3 is 0 Å². The third-order valence-electron chi connectivity index (χ3n) is 4.71. The van der Waals surface area contributed by atoms with Crippen LogP contribution >= 0.6 is 11.6 Å². The highest BCUT2D eigenvalue weighted by Gasteiger charge is 2.25. The van der Waals surface area contributed by atoms with Crippen LogP contribution in [0.5, 0.6) is 5.75 Å². The van der Waals surface area contributed by atoms with Crippen LogP contribution in [0, 0.1) is 17.1 Å². The monoisotopic (exact) mass is 417 g/mol. The Hall–Kier alpha value is -2.66. The maximum Gasteiger partial charge on any atom is 0.256 e. The number of hydrogen-bond donors (Lipinski definition) is 1. The van der Waals surface area contributed by atoms with E-state index in [-0.39, 0.29) is 18.1 Å². The SMILES string of the molecule is N#Cc1ccc(OCC(O)CN2CCN(C(=O)c3cc(Cl)ccc3F)CC2)cc1. The maximum atomic E-state index is 13.9. The van der Waals surface area contributed by atoms with Crippen molar-refractivity contribution in [3.63, 3.8) is 0 Å². The number of hydrogen-bond acceptors (Lipinski definition) is 5. The number of rotatable bonds is 6. The third-order valence-corrected chi connectivity index (χ3v) is 4.95. The van der Waals surface area contributed by atoms with Crippen molar-refractivity contribution in [1.29, 1.82) is 5.26 Å². The minimum absolute atomic E-state index is 0.0261. The molecule has 8 heteroatoms. The molecule has 1 unspecified atom stereocenters. The predicted octanol–water partition coefficient (Wildman–Crippen LogP) is 2.55. The van der Waals surface area contributed by atoms with Crippen molar-refractivity contribution in [3.8, 4) is 11.8 Å². The summed E-state index contributed by atoms with van der Waals surface area (Å²) < 4.78 is 19.5. The number of nitrogens with zero attached hydrogens (tertiary/aromatic N) is 3. The van der Waals surface area contributed by atoms with Gasteiger partial charge in [0, 0.05) is 37.7 Å². The Labute approximate surface area is 173 Å². The predicted molar refractivity (Wildman–Crippen MR) is 106 cm³/mol. The number of ether oxygens (including phenoxy) is 1. The zero-order valence-corrected chi connectivity index (χ0v) is 16.5. The lowest BCUT2D eigenvalue weighted by atomic mass is 10.1. The van der Waals surface area contributed by atoms with Gasteiger partial charge in [-0.25, -0.2) is 4.39 Å². The first-order valence-electron chi connectivity index (χ1n) is 9.24. The smallest absolute Gasteiger partial charge is 0.256 e. The summed E-state index contributed by atoms with van der Waals surface area (Å²) in [6, 6.07) is 12.7. The van der Waals surface area contributed by atoms with E-state index in [1.54, 1.807) is 29.2 Å². The number of nitriles is 1. The van der Waals surface area contributed by atoms with E-state index in [1.165, 1.54) is 18.2 Å². The van der Waals surface area contributed by atoms with Crippen LogP contribution in [0.15, 0.2) is 42.5 Å². The van der Waals surface area contributed by atoms with E-state index in [9.17, 15) is 14.3 Å². The van der Waals surface area contributed by atoms with Crippen LogP contribution < -0.4 is 4.74 Å². The molecule has 29 heavy (non-hydrogen) atoms. The Balaban J connectivity index is 1.44. The van der Waals surface area contributed by atoms with Crippen molar-refractivity contribution < 1.29 is 19.0 Å². The average Bonchev–Trinajstić information content (AvgIpc) is 2.74. The highest BCUT2D eigenvalue weighted by atomic mass is 35.5. The summed E-state index contributed by atoms with van der Waals surface area (Å²) in [4.78, 5) is 16.1. The first-order valence-corrected chi connectivity index (χ1v) is 9.62. The molecule has 2 aromatic rings. The van der Waals surface area contributed by atoms with Gasteiger partial charge in [-0.3, -0.25) is 9.69 Å². The lowest BCUT2D eigenvalue weighted by Gasteiger charge is -2.35. The lowest BCUT2D eigenvalue weighted by Crippen LogP contribution is -2.51. The van der Waals surface area contributed by atoms with Gasteiger partial charge in [0.1, 0.15) is 24.3 Å². The number of halogens is 2. The molecule has 1 aliphatic rings. The van der Waals surface area contributed by atoms with Crippen molar-refractivity contribution >= 4 is 17.5 Å². The molecule has 3 rings (SSSR count). The summed E-state index contributed by atoms with van der Waals surface area (Å²) in [5.74, 6) is -0.381. The number of carbonyl (C=O) groups excluding carboxylic acids is 1. The van der Waals surface area contributed by atoms with Crippen molar-refractivity contribution in [3.05, 3.63) is 64.4 Å². The fraction of sp³-hybridized carbons (Fsp3) is 0.333. The molecular weight excluding hydrogens is 397 g/mol. The van der Waals surface area contributed by atoms with Gasteiger partial charge in [-0.2, -0.15) is 5.26 Å². The van der Waals surface area contributed by atoms with E-state index in [4.69, 9.17) is 21.6 Å². The van der Waals surface area contributed by atoms with Crippen LogP contribution in [0.1, 0.15) is 15.9 Å².